The predicted octanol–water partition coefficient (Wildman–Crippen LogP) is 9.44. The molecular weight excluding hydrogens is 372 g/mol. The summed E-state index contributed by atoms with van der Waals surface area (Å²) in [5, 5.41) is 0. The van der Waals surface area contributed by atoms with E-state index in [0.717, 1.165) is 23.7 Å². The highest BCUT2D eigenvalue weighted by atomic mass is 14.8. The van der Waals surface area contributed by atoms with Crippen molar-refractivity contribution in [2.45, 2.75) is 127 Å². The number of hydrogen-bond acceptors (Lipinski definition) is 0. The molecule has 0 radical (unpaired) electrons. The van der Waals surface area contributed by atoms with E-state index in [1.165, 1.54) is 64.2 Å². The third-order valence-corrected chi connectivity index (χ3v) is 14.4. The van der Waals surface area contributed by atoms with Gasteiger partial charge in [-0.15, -0.1) is 0 Å². The molecule has 5 rings (SSSR count). The number of allylic oxidation sites excluding steroid dienone is 2. The quantitative estimate of drug-likeness (QED) is 0.340. The van der Waals surface area contributed by atoms with Crippen LogP contribution in [0.2, 0.25) is 0 Å². The van der Waals surface area contributed by atoms with Crippen LogP contribution in [0, 0.1) is 56.2 Å². The van der Waals surface area contributed by atoms with Crippen LogP contribution in [0.4, 0.5) is 0 Å². The minimum atomic E-state index is 0.490. The number of hydrogen-bond donors (Lipinski definition) is 0. The summed E-state index contributed by atoms with van der Waals surface area (Å²) in [6.45, 7) is 24.0. The van der Waals surface area contributed by atoms with Crippen molar-refractivity contribution < 1.29 is 0 Å². The Balaban J connectivity index is 1.58. The van der Waals surface area contributed by atoms with Gasteiger partial charge in [-0.2, -0.15) is 0 Å². The smallest absolute Gasteiger partial charge is 0.0198 e. The topological polar surface area (TPSA) is 0 Å². The summed E-state index contributed by atoms with van der Waals surface area (Å²) in [5.74, 6) is 3.52. The van der Waals surface area contributed by atoms with Crippen molar-refractivity contribution in [3.8, 4) is 0 Å². The summed E-state index contributed by atoms with van der Waals surface area (Å²) < 4.78 is 0. The lowest BCUT2D eigenvalue weighted by molar-refractivity contribution is -0.267. The van der Waals surface area contributed by atoms with Crippen molar-refractivity contribution in [3.63, 3.8) is 0 Å². The van der Waals surface area contributed by atoms with E-state index < -0.39 is 0 Å². The SMILES string of the molecule is CC1=CC[C@]2(C)CC[C@]3(C)[C@H](CC[C@@H]4[C@@]5(C)CCCC(C)(C)[C@]5(C)CC[C@]43C)[C@H]2[C@@H]1C. The maximum atomic E-state index is 2.80. The largest absolute Gasteiger partial charge is 0.0848 e. The molecule has 0 aliphatic heterocycles. The minimum Gasteiger partial charge on any atom is -0.0848 e. The zero-order valence-electron chi connectivity index (χ0n) is 22.5. The molecule has 9 atom stereocenters. The van der Waals surface area contributed by atoms with Crippen LogP contribution in [-0.2, 0) is 0 Å². The highest BCUT2D eigenvalue weighted by molar-refractivity contribution is 5.23. The van der Waals surface area contributed by atoms with E-state index in [1.807, 2.05) is 0 Å². The van der Waals surface area contributed by atoms with E-state index in [-0.39, 0.29) is 0 Å². The Labute approximate surface area is 194 Å². The van der Waals surface area contributed by atoms with Crippen LogP contribution in [0.25, 0.3) is 0 Å². The molecule has 0 aromatic rings. The maximum Gasteiger partial charge on any atom is -0.0198 e. The number of rotatable bonds is 0. The predicted molar refractivity (Wildman–Crippen MR) is 134 cm³/mol. The average molecular weight is 425 g/mol. The first kappa shape index (κ1) is 22.5. The van der Waals surface area contributed by atoms with Gasteiger partial charge in [0.15, 0.2) is 0 Å². The van der Waals surface area contributed by atoms with Gasteiger partial charge in [-0.3, -0.25) is 0 Å². The van der Waals surface area contributed by atoms with Gasteiger partial charge < -0.3 is 0 Å². The molecule has 4 fully saturated rings. The highest BCUT2D eigenvalue weighted by Gasteiger charge is 2.71. The van der Waals surface area contributed by atoms with Gasteiger partial charge in [-0.1, -0.05) is 73.5 Å². The van der Waals surface area contributed by atoms with Gasteiger partial charge in [-0.25, -0.2) is 0 Å². The monoisotopic (exact) mass is 424 g/mol. The average Bonchev–Trinajstić information content (AvgIpc) is 2.69. The van der Waals surface area contributed by atoms with Gasteiger partial charge in [0.05, 0.1) is 0 Å². The van der Waals surface area contributed by atoms with Crippen LogP contribution in [-0.4, -0.2) is 0 Å². The molecule has 4 saturated carbocycles. The Morgan fingerprint density at radius 3 is 2.13 bits per heavy atom. The number of fused-ring (bicyclic) bond motifs is 7. The summed E-state index contributed by atoms with van der Waals surface area (Å²) in [4.78, 5) is 0. The third-order valence-electron chi connectivity index (χ3n) is 14.4. The Morgan fingerprint density at radius 2 is 1.42 bits per heavy atom. The molecule has 0 aromatic heterocycles. The van der Waals surface area contributed by atoms with Crippen molar-refractivity contribution in [2.75, 3.05) is 0 Å². The Morgan fingerprint density at radius 1 is 0.742 bits per heavy atom. The zero-order valence-corrected chi connectivity index (χ0v) is 22.5. The van der Waals surface area contributed by atoms with Gasteiger partial charge in [0.25, 0.3) is 0 Å². The summed E-state index contributed by atoms with van der Waals surface area (Å²) in [6.07, 6.45) is 17.2. The summed E-state index contributed by atoms with van der Waals surface area (Å²) in [5.41, 5.74) is 4.80. The Bertz CT molecular complexity index is 788. The maximum absolute atomic E-state index is 2.80. The van der Waals surface area contributed by atoms with E-state index in [4.69, 9.17) is 0 Å². The van der Waals surface area contributed by atoms with Crippen LogP contribution >= 0.6 is 0 Å². The van der Waals surface area contributed by atoms with Crippen molar-refractivity contribution in [2.24, 2.45) is 56.2 Å². The zero-order chi connectivity index (χ0) is 22.7. The van der Waals surface area contributed by atoms with E-state index >= 15 is 0 Å². The van der Waals surface area contributed by atoms with Crippen LogP contribution in [0.3, 0.4) is 0 Å². The van der Waals surface area contributed by atoms with E-state index in [9.17, 15) is 0 Å². The Hall–Kier alpha value is -0.260. The van der Waals surface area contributed by atoms with Crippen molar-refractivity contribution in [1.82, 2.24) is 0 Å². The molecule has 0 unspecified atom stereocenters. The van der Waals surface area contributed by atoms with Crippen LogP contribution in [0.1, 0.15) is 127 Å². The summed E-state index contributed by atoms with van der Waals surface area (Å²) in [6, 6.07) is 0. The fourth-order valence-corrected chi connectivity index (χ4v) is 11.5. The lowest BCUT2D eigenvalue weighted by Gasteiger charge is -2.76. The van der Waals surface area contributed by atoms with Crippen LogP contribution in [0.5, 0.6) is 0 Å². The van der Waals surface area contributed by atoms with Crippen molar-refractivity contribution in [3.05, 3.63) is 11.6 Å². The van der Waals surface area contributed by atoms with Gasteiger partial charge in [0, 0.05) is 0 Å². The molecule has 5 aliphatic rings. The van der Waals surface area contributed by atoms with E-state index in [0.29, 0.717) is 32.5 Å². The summed E-state index contributed by atoms with van der Waals surface area (Å²) >= 11 is 0. The van der Waals surface area contributed by atoms with Crippen molar-refractivity contribution in [1.29, 1.82) is 0 Å². The van der Waals surface area contributed by atoms with Crippen LogP contribution in [0.15, 0.2) is 11.6 Å². The van der Waals surface area contributed by atoms with E-state index in [2.05, 4.69) is 68.4 Å². The fourth-order valence-electron chi connectivity index (χ4n) is 11.5. The molecule has 0 N–H and O–H groups in total. The molecule has 0 saturated heterocycles. The lowest BCUT2D eigenvalue weighted by Crippen LogP contribution is -2.68. The minimum absolute atomic E-state index is 0.490. The first-order valence-electron chi connectivity index (χ1n) is 13.9. The molecule has 31 heavy (non-hydrogen) atoms. The fraction of sp³-hybridized carbons (Fsp3) is 0.935. The summed E-state index contributed by atoms with van der Waals surface area (Å²) in [7, 11) is 0. The standard InChI is InChI=1S/C31H52/c1-21-13-16-27(5)17-18-28(6)23(25(27)22(21)2)11-12-24-29(28,7)19-20-31(9)26(3,4)14-10-15-30(24,31)8/h13,22-25H,10-12,14-20H2,1-9H3/t22-,23-,24+,25-,27-,28-,29-,30-,31+/m1/s1. The van der Waals surface area contributed by atoms with Gasteiger partial charge in [0.1, 0.15) is 0 Å². The molecule has 0 heteroatoms. The van der Waals surface area contributed by atoms with E-state index in [1.54, 1.807) is 5.57 Å². The van der Waals surface area contributed by atoms with Gasteiger partial charge >= 0.3 is 0 Å². The molecule has 0 bridgehead atoms. The normalized spacial score (nSPS) is 58.3. The molecule has 0 nitrogen and oxygen atoms in total. The second-order valence-electron chi connectivity index (χ2n) is 15.2. The molecule has 5 aliphatic carbocycles. The highest BCUT2D eigenvalue weighted by Crippen LogP contribution is 2.79. The molecule has 0 amide bonds. The molecule has 0 heterocycles. The van der Waals surface area contributed by atoms with Crippen LogP contribution < -0.4 is 0 Å². The third kappa shape index (κ3) is 2.50. The molecule has 176 valence electrons. The lowest BCUT2D eigenvalue weighted by atomic mass is 9.29. The molecular formula is C31H52. The second kappa shape index (κ2) is 6.44. The first-order chi connectivity index (χ1) is 14.3. The first-order valence-corrected chi connectivity index (χ1v) is 13.9. The van der Waals surface area contributed by atoms with Gasteiger partial charge in [0.2, 0.25) is 0 Å². The second-order valence-corrected chi connectivity index (χ2v) is 15.2. The Kier molecular flexibility index (Phi) is 4.68. The molecule has 0 aromatic carbocycles. The van der Waals surface area contributed by atoms with Crippen molar-refractivity contribution >= 4 is 0 Å². The molecule has 0 spiro atoms. The van der Waals surface area contributed by atoms with Gasteiger partial charge in [-0.05, 0) is 121 Å².